The fraction of sp³-hybridized carbons (Fsp3) is 0.143. The Morgan fingerprint density at radius 1 is 0.717 bits per heavy atom. The van der Waals surface area contributed by atoms with Gasteiger partial charge in [0, 0.05) is 49.7 Å². The van der Waals surface area contributed by atoms with Crippen molar-refractivity contribution in [2.24, 2.45) is 0 Å². The first-order chi connectivity index (χ1) is 25.2. The second-order valence-corrected chi connectivity index (χ2v) is 12.6. The first-order valence-electron chi connectivity index (χ1n) is 15.4. The number of pyridine rings is 2. The van der Waals surface area contributed by atoms with Crippen molar-refractivity contribution >= 4 is 46.4 Å². The summed E-state index contributed by atoms with van der Waals surface area (Å²) in [5.41, 5.74) is -1.76. The van der Waals surface area contributed by atoms with Crippen LogP contribution in [0.5, 0.6) is 11.5 Å². The van der Waals surface area contributed by atoms with Gasteiger partial charge in [-0.2, -0.15) is 10.2 Å². The van der Waals surface area contributed by atoms with Gasteiger partial charge in [-0.05, 0) is 26.0 Å². The molecule has 0 bridgehead atoms. The van der Waals surface area contributed by atoms with E-state index in [4.69, 9.17) is 51.1 Å². The number of hydrogen-bond acceptors (Lipinski definition) is 6. The highest BCUT2D eigenvalue weighted by atomic mass is 35.5. The van der Waals surface area contributed by atoms with Gasteiger partial charge < -0.3 is 19.0 Å². The molecule has 0 spiro atoms. The second-order valence-electron chi connectivity index (χ2n) is 10.9. The van der Waals surface area contributed by atoms with Crippen LogP contribution in [-0.4, -0.2) is 40.4 Å². The number of phenolic OH excluding ortho intramolecular Hbond substituents is 1. The average Bonchev–Trinajstić information content (AvgIpc) is 3.74. The number of aromatic nitrogens is 6. The lowest BCUT2D eigenvalue weighted by atomic mass is 10.1. The Bertz CT molecular complexity index is 2430. The maximum absolute atomic E-state index is 14.9. The lowest BCUT2D eigenvalue weighted by Gasteiger charge is -2.18. The Labute approximate surface area is 318 Å². The minimum absolute atomic E-state index is 0.00157. The highest BCUT2D eigenvalue weighted by Gasteiger charge is 2.25. The molecule has 1 N–H and O–H groups in total. The third-order valence-electron chi connectivity index (χ3n) is 7.56. The van der Waals surface area contributed by atoms with Gasteiger partial charge in [0.1, 0.15) is 51.4 Å². The van der Waals surface area contributed by atoms with E-state index in [1.54, 1.807) is 13.8 Å². The van der Waals surface area contributed by atoms with Crippen molar-refractivity contribution < 1.29 is 27.4 Å². The molecule has 6 rings (SSSR count). The number of halogens is 8. The largest absolute Gasteiger partial charge is 0.508 e. The standard InChI is InChI=1S/C19H15Cl2F2N3O2.C16H11Cl2F2N3O2/c1-3-5-28-12-6-14(22)17(15(23)7-12)18-16(26-10-11(20)9-24-26)8-13(21)19(27)25(18)4-2;1-2-22-15(14-11(19)3-9(24)4-12(14)20)13(5-10(18)16(22)25)23-7-8(17)6-21-23/h3,6-10H,1,4-5H2,2H3;3-7,24H,2H2,1H3. The number of aromatic hydroxyl groups is 1. The number of phenols is 1. The zero-order valence-corrected chi connectivity index (χ0v) is 30.6. The van der Waals surface area contributed by atoms with Crippen LogP contribution in [-0.2, 0) is 13.1 Å². The number of nitrogens with zero attached hydrogens (tertiary/aromatic N) is 6. The van der Waals surface area contributed by atoms with E-state index in [2.05, 4.69) is 16.8 Å². The molecule has 0 unspecified atom stereocenters. The van der Waals surface area contributed by atoms with Gasteiger partial charge in [0.05, 0.1) is 56.3 Å². The maximum Gasteiger partial charge on any atom is 0.269 e. The van der Waals surface area contributed by atoms with E-state index in [1.165, 1.54) is 56.9 Å². The van der Waals surface area contributed by atoms with Crippen LogP contribution >= 0.6 is 46.4 Å². The molecule has 0 atom stereocenters. The van der Waals surface area contributed by atoms with Crippen LogP contribution in [0.4, 0.5) is 17.6 Å². The molecule has 0 aliphatic heterocycles. The molecule has 2 aromatic carbocycles. The molecular formula is C35H26Cl4F4N6O4. The summed E-state index contributed by atoms with van der Waals surface area (Å²) in [5.74, 6) is -4.42. The van der Waals surface area contributed by atoms with Crippen LogP contribution < -0.4 is 15.9 Å². The lowest BCUT2D eigenvalue weighted by molar-refractivity contribution is 0.358. The summed E-state index contributed by atoms with van der Waals surface area (Å²) in [5, 5.41) is 17.8. The molecule has 276 valence electrons. The van der Waals surface area contributed by atoms with E-state index in [-0.39, 0.29) is 58.3 Å². The van der Waals surface area contributed by atoms with Gasteiger partial charge in [0.2, 0.25) is 0 Å². The second kappa shape index (κ2) is 16.3. The van der Waals surface area contributed by atoms with Crippen LogP contribution in [0.3, 0.4) is 0 Å². The Morgan fingerprint density at radius 3 is 1.45 bits per heavy atom. The zero-order valence-electron chi connectivity index (χ0n) is 27.6. The van der Waals surface area contributed by atoms with Crippen molar-refractivity contribution in [2.75, 3.05) is 6.61 Å². The van der Waals surface area contributed by atoms with E-state index in [0.717, 1.165) is 28.8 Å². The summed E-state index contributed by atoms with van der Waals surface area (Å²) in [4.78, 5) is 24.9. The number of rotatable bonds is 9. The normalized spacial score (nSPS) is 11.0. The minimum atomic E-state index is -1.03. The van der Waals surface area contributed by atoms with Crippen molar-refractivity contribution in [1.82, 2.24) is 28.7 Å². The molecular weight excluding hydrogens is 786 g/mol. The van der Waals surface area contributed by atoms with E-state index in [1.807, 2.05) is 0 Å². The van der Waals surface area contributed by atoms with Gasteiger partial charge in [0.15, 0.2) is 0 Å². The summed E-state index contributed by atoms with van der Waals surface area (Å²) in [6, 6.07) is 6.17. The first kappa shape index (κ1) is 39.2. The Hall–Kier alpha value is -5.02. The van der Waals surface area contributed by atoms with Crippen molar-refractivity contribution in [1.29, 1.82) is 0 Å². The van der Waals surface area contributed by atoms with Crippen molar-refractivity contribution in [3.8, 4) is 45.4 Å². The molecule has 53 heavy (non-hydrogen) atoms. The highest BCUT2D eigenvalue weighted by Crippen LogP contribution is 2.36. The van der Waals surface area contributed by atoms with Gasteiger partial charge in [-0.15, -0.1) is 0 Å². The molecule has 0 saturated heterocycles. The average molecular weight is 812 g/mol. The minimum Gasteiger partial charge on any atom is -0.508 e. The van der Waals surface area contributed by atoms with Crippen LogP contribution in [0.1, 0.15) is 13.8 Å². The first-order valence-corrected chi connectivity index (χ1v) is 16.9. The fourth-order valence-electron chi connectivity index (χ4n) is 5.38. The lowest BCUT2D eigenvalue weighted by Crippen LogP contribution is -2.24. The highest BCUT2D eigenvalue weighted by molar-refractivity contribution is 6.31. The van der Waals surface area contributed by atoms with Crippen LogP contribution in [0.25, 0.3) is 33.9 Å². The molecule has 0 saturated carbocycles. The van der Waals surface area contributed by atoms with Crippen molar-refractivity contribution in [3.63, 3.8) is 0 Å². The topological polar surface area (TPSA) is 109 Å². The van der Waals surface area contributed by atoms with Gasteiger partial charge in [-0.25, -0.2) is 26.9 Å². The SMILES string of the molecule is C=CCOc1cc(F)c(-c2c(-n3cc(Cl)cn3)cc(Cl)c(=O)n2CC)c(F)c1.CCn1c(-c2c(F)cc(O)cc2F)c(-n2cc(Cl)cn2)cc(Cl)c1=O. The molecule has 0 aliphatic rings. The third-order valence-corrected chi connectivity index (χ3v) is 8.50. The van der Waals surface area contributed by atoms with E-state index >= 15 is 0 Å². The molecule has 4 heterocycles. The predicted molar refractivity (Wildman–Crippen MR) is 195 cm³/mol. The summed E-state index contributed by atoms with van der Waals surface area (Å²) in [6.07, 6.45) is 7.01. The van der Waals surface area contributed by atoms with Crippen LogP contribution in [0.15, 0.2) is 83.4 Å². The summed E-state index contributed by atoms with van der Waals surface area (Å²) < 4.78 is 68.8. The van der Waals surface area contributed by atoms with E-state index in [9.17, 15) is 32.3 Å². The Morgan fingerprint density at radius 2 is 1.11 bits per heavy atom. The molecule has 0 fully saturated rings. The number of ether oxygens (including phenoxy) is 1. The third kappa shape index (κ3) is 8.00. The van der Waals surface area contributed by atoms with Gasteiger partial charge in [0.25, 0.3) is 11.1 Å². The fourth-order valence-corrected chi connectivity index (χ4v) is 6.07. The molecule has 6 aromatic rings. The summed E-state index contributed by atoms with van der Waals surface area (Å²) >= 11 is 23.8. The van der Waals surface area contributed by atoms with Crippen LogP contribution in [0, 0.1) is 23.3 Å². The zero-order chi connectivity index (χ0) is 38.7. The summed E-state index contributed by atoms with van der Waals surface area (Å²) in [6.45, 7) is 7.12. The molecule has 10 nitrogen and oxygen atoms in total. The van der Waals surface area contributed by atoms with Crippen molar-refractivity contribution in [2.45, 2.75) is 26.9 Å². The van der Waals surface area contributed by atoms with Crippen molar-refractivity contribution in [3.05, 3.63) is 138 Å². The molecule has 0 aliphatic carbocycles. The quantitative estimate of drug-likeness (QED) is 0.116. The van der Waals surface area contributed by atoms with Gasteiger partial charge in [-0.1, -0.05) is 59.1 Å². The number of benzene rings is 2. The molecule has 18 heteroatoms. The smallest absolute Gasteiger partial charge is 0.269 e. The predicted octanol–water partition coefficient (Wildman–Crippen LogP) is 8.88. The molecule has 0 amide bonds. The Kier molecular flexibility index (Phi) is 12.1. The van der Waals surface area contributed by atoms with Crippen LogP contribution in [0.2, 0.25) is 20.1 Å². The van der Waals surface area contributed by atoms with Gasteiger partial charge in [-0.3, -0.25) is 9.59 Å². The molecule has 0 radical (unpaired) electrons. The number of hydrogen-bond donors (Lipinski definition) is 1. The van der Waals surface area contributed by atoms with Gasteiger partial charge >= 0.3 is 0 Å². The molecule has 4 aromatic heterocycles. The Balaban J connectivity index is 0.000000206. The van der Waals surface area contributed by atoms with E-state index < -0.39 is 51.3 Å². The maximum atomic E-state index is 14.9. The monoisotopic (exact) mass is 810 g/mol. The summed E-state index contributed by atoms with van der Waals surface area (Å²) in [7, 11) is 0. The van der Waals surface area contributed by atoms with E-state index in [0.29, 0.717) is 10.0 Å².